The van der Waals surface area contributed by atoms with Crippen LogP contribution in [0.3, 0.4) is 0 Å². The van der Waals surface area contributed by atoms with Gasteiger partial charge in [0.1, 0.15) is 23.3 Å². The van der Waals surface area contributed by atoms with Crippen molar-refractivity contribution in [1.29, 1.82) is 0 Å². The molecular weight excluding hydrogens is 472 g/mol. The Hall–Kier alpha value is -4.63. The molecule has 3 aromatic carbocycles. The second kappa shape index (κ2) is 12.9. The van der Waals surface area contributed by atoms with Gasteiger partial charge >= 0.3 is 0 Å². The van der Waals surface area contributed by atoms with E-state index >= 15 is 0 Å². The number of H-pyrrole nitrogens is 1. The van der Waals surface area contributed by atoms with Gasteiger partial charge < -0.3 is 29.8 Å². The Labute approximate surface area is 214 Å². The highest BCUT2D eigenvalue weighted by Gasteiger charge is 2.22. The zero-order valence-corrected chi connectivity index (χ0v) is 20.3. The van der Waals surface area contributed by atoms with Crippen molar-refractivity contribution in [2.45, 2.75) is 19.1 Å². The smallest absolute Gasteiger partial charge is 0.249 e. The first-order valence-corrected chi connectivity index (χ1v) is 11.7. The Bertz CT molecular complexity index is 1260. The van der Waals surface area contributed by atoms with E-state index in [4.69, 9.17) is 14.2 Å². The van der Waals surface area contributed by atoms with E-state index in [-0.39, 0.29) is 18.9 Å². The number of amides is 2. The van der Waals surface area contributed by atoms with Gasteiger partial charge in [-0.1, -0.05) is 30.3 Å². The fourth-order valence-electron chi connectivity index (χ4n) is 3.46. The summed E-state index contributed by atoms with van der Waals surface area (Å²) < 4.78 is 16.7. The zero-order valence-electron chi connectivity index (χ0n) is 20.3. The quantitative estimate of drug-likeness (QED) is 0.270. The van der Waals surface area contributed by atoms with Crippen LogP contribution in [-0.2, 0) is 27.4 Å². The van der Waals surface area contributed by atoms with Gasteiger partial charge in [-0.05, 0) is 54.1 Å². The summed E-state index contributed by atoms with van der Waals surface area (Å²) in [6, 6.07) is 22.9. The van der Waals surface area contributed by atoms with Crippen molar-refractivity contribution in [3.05, 3.63) is 103 Å². The van der Waals surface area contributed by atoms with E-state index in [9.17, 15) is 9.59 Å². The average Bonchev–Trinajstić information content (AvgIpc) is 3.43. The minimum atomic E-state index is -0.898. The standard InChI is InChI=1S/C28H28N4O5/c1-35-23-11-13-25(14-12-23)37-24-9-7-21(8-10-24)31-28(34)26(18-36-17-20-5-3-2-4-6-20)32-27(33)15-22-16-29-19-30-22/h2-14,16,19,26H,15,17-18H2,1H3,(H,29,30)(H,31,34)(H,32,33)/t26-/m0/s1. The van der Waals surface area contributed by atoms with Crippen molar-refractivity contribution in [3.8, 4) is 17.2 Å². The van der Waals surface area contributed by atoms with E-state index in [2.05, 4.69) is 20.6 Å². The molecule has 4 aromatic rings. The number of imidazole rings is 1. The molecule has 9 nitrogen and oxygen atoms in total. The molecule has 0 unspecified atom stereocenters. The zero-order chi connectivity index (χ0) is 25.9. The molecule has 0 aliphatic carbocycles. The molecule has 4 rings (SSSR count). The van der Waals surface area contributed by atoms with Crippen molar-refractivity contribution >= 4 is 17.5 Å². The molecule has 37 heavy (non-hydrogen) atoms. The summed E-state index contributed by atoms with van der Waals surface area (Å²) in [5, 5.41) is 5.58. The summed E-state index contributed by atoms with van der Waals surface area (Å²) in [6.45, 7) is 0.322. The molecule has 190 valence electrons. The second-order valence-corrected chi connectivity index (χ2v) is 8.15. The Morgan fingerprint density at radius 3 is 2.24 bits per heavy atom. The van der Waals surface area contributed by atoms with Gasteiger partial charge in [0, 0.05) is 11.9 Å². The van der Waals surface area contributed by atoms with E-state index in [0.29, 0.717) is 29.5 Å². The minimum absolute atomic E-state index is 0.00565. The normalized spacial score (nSPS) is 11.4. The highest BCUT2D eigenvalue weighted by atomic mass is 16.5. The van der Waals surface area contributed by atoms with Crippen molar-refractivity contribution < 1.29 is 23.8 Å². The Morgan fingerprint density at radius 1 is 0.919 bits per heavy atom. The van der Waals surface area contributed by atoms with E-state index in [0.717, 1.165) is 11.3 Å². The minimum Gasteiger partial charge on any atom is -0.497 e. The lowest BCUT2D eigenvalue weighted by molar-refractivity contribution is -0.127. The second-order valence-electron chi connectivity index (χ2n) is 8.15. The number of carbonyl (C=O) groups excluding carboxylic acids is 2. The predicted octanol–water partition coefficient (Wildman–Crippen LogP) is 4.09. The van der Waals surface area contributed by atoms with Crippen molar-refractivity contribution in [2.24, 2.45) is 0 Å². The number of aromatic nitrogens is 2. The molecule has 2 amide bonds. The largest absolute Gasteiger partial charge is 0.497 e. The third kappa shape index (κ3) is 7.94. The van der Waals surface area contributed by atoms with Gasteiger partial charge in [0.05, 0.1) is 38.8 Å². The topological polar surface area (TPSA) is 115 Å². The molecule has 1 atom stereocenters. The number of ether oxygens (including phenoxy) is 3. The average molecular weight is 501 g/mol. The highest BCUT2D eigenvalue weighted by Crippen LogP contribution is 2.25. The number of hydrogen-bond acceptors (Lipinski definition) is 6. The fourth-order valence-corrected chi connectivity index (χ4v) is 3.46. The molecule has 0 saturated heterocycles. The monoisotopic (exact) mass is 500 g/mol. The van der Waals surface area contributed by atoms with Crippen LogP contribution in [0.15, 0.2) is 91.4 Å². The molecule has 0 aliphatic heterocycles. The first-order chi connectivity index (χ1) is 18.1. The number of hydrogen-bond donors (Lipinski definition) is 3. The first-order valence-electron chi connectivity index (χ1n) is 11.7. The maximum Gasteiger partial charge on any atom is 0.249 e. The van der Waals surface area contributed by atoms with E-state index in [1.54, 1.807) is 49.7 Å². The molecule has 1 aromatic heterocycles. The van der Waals surface area contributed by atoms with E-state index in [1.165, 1.54) is 6.33 Å². The molecule has 0 spiro atoms. The number of aromatic amines is 1. The van der Waals surface area contributed by atoms with E-state index in [1.807, 2.05) is 42.5 Å². The molecule has 0 aliphatic rings. The summed E-state index contributed by atoms with van der Waals surface area (Å²) in [5.74, 6) is 1.28. The van der Waals surface area contributed by atoms with Gasteiger partial charge in [0.2, 0.25) is 11.8 Å². The van der Waals surface area contributed by atoms with Crippen LogP contribution in [0, 0.1) is 0 Å². The van der Waals surface area contributed by atoms with Gasteiger partial charge in [-0.25, -0.2) is 4.98 Å². The number of methoxy groups -OCH3 is 1. The SMILES string of the molecule is COc1ccc(Oc2ccc(NC(=O)[C@H](COCc3ccccc3)NC(=O)Cc3c[nH]cn3)cc2)cc1. The van der Waals surface area contributed by atoms with Crippen LogP contribution in [0.2, 0.25) is 0 Å². The van der Waals surface area contributed by atoms with Crippen LogP contribution in [-0.4, -0.2) is 41.5 Å². The summed E-state index contributed by atoms with van der Waals surface area (Å²) in [7, 11) is 1.60. The van der Waals surface area contributed by atoms with Gasteiger partial charge in [0.15, 0.2) is 0 Å². The van der Waals surface area contributed by atoms with Crippen LogP contribution in [0.1, 0.15) is 11.3 Å². The lowest BCUT2D eigenvalue weighted by Gasteiger charge is -2.19. The van der Waals surface area contributed by atoms with Crippen LogP contribution in [0.25, 0.3) is 0 Å². The fraction of sp³-hybridized carbons (Fsp3) is 0.179. The number of carbonyl (C=O) groups is 2. The van der Waals surface area contributed by atoms with Crippen LogP contribution >= 0.6 is 0 Å². The molecule has 1 heterocycles. The first kappa shape index (κ1) is 25.5. The van der Waals surface area contributed by atoms with Crippen molar-refractivity contribution in [1.82, 2.24) is 15.3 Å². The Kier molecular flexibility index (Phi) is 8.87. The number of anilines is 1. The molecular formula is C28H28N4O5. The van der Waals surface area contributed by atoms with Gasteiger partial charge in [-0.3, -0.25) is 9.59 Å². The van der Waals surface area contributed by atoms with Gasteiger partial charge in [0.25, 0.3) is 0 Å². The van der Waals surface area contributed by atoms with E-state index < -0.39 is 11.9 Å². The number of benzene rings is 3. The highest BCUT2D eigenvalue weighted by molar-refractivity contribution is 5.97. The lowest BCUT2D eigenvalue weighted by Crippen LogP contribution is -2.47. The maximum atomic E-state index is 13.1. The molecule has 0 saturated carbocycles. The summed E-state index contributed by atoms with van der Waals surface area (Å²) in [4.78, 5) is 32.5. The van der Waals surface area contributed by atoms with Crippen molar-refractivity contribution in [3.63, 3.8) is 0 Å². The molecule has 0 bridgehead atoms. The summed E-state index contributed by atoms with van der Waals surface area (Å²) in [5.41, 5.74) is 2.10. The molecule has 0 fully saturated rings. The third-order valence-corrected chi connectivity index (χ3v) is 5.36. The molecule has 0 radical (unpaired) electrons. The third-order valence-electron chi connectivity index (χ3n) is 5.36. The number of nitrogens with zero attached hydrogens (tertiary/aromatic N) is 1. The van der Waals surface area contributed by atoms with Crippen LogP contribution in [0.4, 0.5) is 5.69 Å². The van der Waals surface area contributed by atoms with Gasteiger partial charge in [-0.2, -0.15) is 0 Å². The van der Waals surface area contributed by atoms with Crippen LogP contribution in [0.5, 0.6) is 17.2 Å². The molecule has 9 heteroatoms. The number of nitrogens with one attached hydrogen (secondary N) is 3. The van der Waals surface area contributed by atoms with Gasteiger partial charge in [-0.15, -0.1) is 0 Å². The lowest BCUT2D eigenvalue weighted by atomic mass is 10.2. The number of rotatable bonds is 12. The van der Waals surface area contributed by atoms with Crippen molar-refractivity contribution in [2.75, 3.05) is 19.0 Å². The Balaban J connectivity index is 1.36. The Morgan fingerprint density at radius 2 is 1.59 bits per heavy atom. The summed E-state index contributed by atoms with van der Waals surface area (Å²) >= 11 is 0. The summed E-state index contributed by atoms with van der Waals surface area (Å²) in [6.07, 6.45) is 3.18. The maximum absolute atomic E-state index is 13.1. The van der Waals surface area contributed by atoms with Crippen LogP contribution < -0.4 is 20.1 Å². The predicted molar refractivity (Wildman–Crippen MR) is 138 cm³/mol. The molecule has 3 N–H and O–H groups in total.